The largest absolute Gasteiger partial charge is 0.384 e. The number of fused-ring (bicyclic) bond motifs is 8. The van der Waals surface area contributed by atoms with E-state index in [0.29, 0.717) is 42.9 Å². The molecule has 6 aromatic heterocycles. The Morgan fingerprint density at radius 1 is 0.667 bits per heavy atom. The van der Waals surface area contributed by atoms with Gasteiger partial charge in [-0.15, -0.1) is 0 Å². The van der Waals surface area contributed by atoms with Crippen molar-refractivity contribution in [1.29, 1.82) is 0 Å². The predicted molar refractivity (Wildman–Crippen MR) is 257 cm³/mol. The van der Waals surface area contributed by atoms with Crippen molar-refractivity contribution in [3.05, 3.63) is 109 Å². The number of carbonyl (C=O) groups excluding carboxylic acids is 3. The molecule has 12 heterocycles. The van der Waals surface area contributed by atoms with E-state index in [2.05, 4.69) is 58.6 Å². The predicted octanol–water partition coefficient (Wildman–Crippen LogP) is 6.85. The lowest BCUT2D eigenvalue weighted by Gasteiger charge is -2.35. The highest BCUT2D eigenvalue weighted by Crippen LogP contribution is 2.41. The maximum absolute atomic E-state index is 13.5. The van der Waals surface area contributed by atoms with Crippen molar-refractivity contribution in [3.8, 4) is 22.5 Å². The fourth-order valence-electron chi connectivity index (χ4n) is 9.58. The molecule has 4 fully saturated rings. The average Bonchev–Trinajstić information content (AvgIpc) is 4.15. The number of anilines is 8. The zero-order valence-electron chi connectivity index (χ0n) is 37.1. The molecule has 17 nitrogen and oxygen atoms in total. The number of nitrogens with one attached hydrogen (secondary N) is 2. The minimum Gasteiger partial charge on any atom is -0.384 e. The second kappa shape index (κ2) is 18.1. The highest BCUT2D eigenvalue weighted by atomic mass is 16.2. The summed E-state index contributed by atoms with van der Waals surface area (Å²) in [5.41, 5.74) is 15.2. The molecule has 4 N–H and O–H groups in total. The molecule has 17 heteroatoms. The number of urea groups is 1. The van der Waals surface area contributed by atoms with E-state index in [4.69, 9.17) is 15.7 Å². The van der Waals surface area contributed by atoms with Crippen LogP contribution in [0.5, 0.6) is 0 Å². The van der Waals surface area contributed by atoms with Crippen molar-refractivity contribution in [2.24, 2.45) is 0 Å². The third kappa shape index (κ3) is 8.75. The van der Waals surface area contributed by atoms with Crippen LogP contribution in [-0.4, -0.2) is 99.1 Å². The fourth-order valence-corrected chi connectivity index (χ4v) is 9.58. The van der Waals surface area contributed by atoms with Gasteiger partial charge < -0.3 is 30.7 Å². The van der Waals surface area contributed by atoms with E-state index in [9.17, 15) is 14.4 Å². The van der Waals surface area contributed by atoms with Crippen molar-refractivity contribution in [3.63, 3.8) is 0 Å². The highest BCUT2D eigenvalue weighted by molar-refractivity contribution is 6.05. The lowest BCUT2D eigenvalue weighted by molar-refractivity contribution is -0.117. The number of rotatable bonds is 5. The van der Waals surface area contributed by atoms with Gasteiger partial charge in [-0.1, -0.05) is 0 Å². The minimum atomic E-state index is -0.263. The van der Waals surface area contributed by atoms with Gasteiger partial charge >= 0.3 is 6.03 Å². The van der Waals surface area contributed by atoms with E-state index in [-0.39, 0.29) is 23.9 Å². The Labute approximate surface area is 383 Å². The number of pyridine rings is 6. The molecule has 0 saturated carbocycles. The summed E-state index contributed by atoms with van der Waals surface area (Å²) in [6, 6.07) is 23.8. The third-order valence-electron chi connectivity index (χ3n) is 12.8. The van der Waals surface area contributed by atoms with Crippen LogP contribution in [0, 0.1) is 13.8 Å². The van der Waals surface area contributed by atoms with Gasteiger partial charge in [-0.3, -0.25) is 29.8 Å². The molecule has 66 heavy (non-hydrogen) atoms. The Morgan fingerprint density at radius 2 is 1.27 bits per heavy atom. The van der Waals surface area contributed by atoms with Gasteiger partial charge in [0.15, 0.2) is 11.6 Å². The molecule has 2 atom stereocenters. The Bertz CT molecular complexity index is 2820. The molecule has 0 spiro atoms. The van der Waals surface area contributed by atoms with Crippen LogP contribution in [-0.2, 0) is 9.59 Å². The van der Waals surface area contributed by atoms with E-state index in [1.807, 2.05) is 50.4 Å². The molecule has 6 aliphatic heterocycles. The molecule has 4 saturated heterocycles. The summed E-state index contributed by atoms with van der Waals surface area (Å²) in [5, 5.41) is 6.50. The molecule has 6 aromatic rings. The van der Waals surface area contributed by atoms with Crippen LogP contribution in [0.4, 0.5) is 50.8 Å². The van der Waals surface area contributed by atoms with Gasteiger partial charge in [0.25, 0.3) is 0 Å². The van der Waals surface area contributed by atoms with Gasteiger partial charge in [-0.05, 0) is 100 Å². The molecule has 4 amide bonds. The van der Waals surface area contributed by atoms with E-state index in [1.165, 1.54) is 12.1 Å². The number of aryl methyl sites for hydroxylation is 2. The summed E-state index contributed by atoms with van der Waals surface area (Å²) in [6.07, 6.45) is 11.9. The Hall–Kier alpha value is -7.69. The van der Waals surface area contributed by atoms with Crippen molar-refractivity contribution >= 4 is 63.9 Å². The second-order valence-electron chi connectivity index (χ2n) is 17.4. The first-order chi connectivity index (χ1) is 32.1. The van der Waals surface area contributed by atoms with Crippen LogP contribution in [0.1, 0.15) is 49.9 Å². The Balaban J connectivity index is 0.000000133. The summed E-state index contributed by atoms with van der Waals surface area (Å²) in [4.78, 5) is 73.4. The molecule has 12 rings (SSSR count). The van der Waals surface area contributed by atoms with Crippen LogP contribution in [0.15, 0.2) is 97.6 Å². The van der Waals surface area contributed by atoms with Gasteiger partial charge in [0.2, 0.25) is 11.8 Å². The topological polar surface area (TPSA) is 195 Å². The van der Waals surface area contributed by atoms with Crippen LogP contribution >= 0.6 is 0 Å². The van der Waals surface area contributed by atoms with Crippen molar-refractivity contribution in [2.75, 3.05) is 80.1 Å². The number of nitrogens with zero attached hydrogens (tertiary/aromatic N) is 11. The van der Waals surface area contributed by atoms with Gasteiger partial charge in [0.05, 0.1) is 28.8 Å². The molecular formula is C49H52N14O3. The van der Waals surface area contributed by atoms with Crippen molar-refractivity contribution < 1.29 is 14.4 Å². The first-order valence-electron chi connectivity index (χ1n) is 22.7. The van der Waals surface area contributed by atoms with E-state index < -0.39 is 0 Å². The highest BCUT2D eigenvalue weighted by Gasteiger charge is 2.40. The minimum absolute atomic E-state index is 0.0396. The number of aromatic nitrogens is 6. The summed E-state index contributed by atoms with van der Waals surface area (Å²) in [6.45, 7) is 9.36. The summed E-state index contributed by atoms with van der Waals surface area (Å²) < 4.78 is 0. The average molecular weight is 885 g/mol. The quantitative estimate of drug-likeness (QED) is 0.163. The normalized spacial score (nSPS) is 18.8. The second-order valence-corrected chi connectivity index (χ2v) is 17.4. The Kier molecular flexibility index (Phi) is 11.6. The number of hydrogen-bond donors (Lipinski definition) is 3. The molecule has 0 unspecified atom stereocenters. The summed E-state index contributed by atoms with van der Waals surface area (Å²) in [7, 11) is 0. The van der Waals surface area contributed by atoms with E-state index >= 15 is 0 Å². The number of nitrogens with two attached hydrogens (primary N) is 1. The number of nitrogen functional groups attached to an aromatic ring is 1. The van der Waals surface area contributed by atoms with Crippen molar-refractivity contribution in [2.45, 2.75) is 64.5 Å². The van der Waals surface area contributed by atoms with E-state index in [0.717, 1.165) is 109 Å². The Morgan fingerprint density at radius 3 is 1.92 bits per heavy atom. The van der Waals surface area contributed by atoms with E-state index in [1.54, 1.807) is 57.6 Å². The number of amides is 4. The lowest BCUT2D eigenvalue weighted by Crippen LogP contribution is -2.48. The van der Waals surface area contributed by atoms with Crippen LogP contribution < -0.4 is 40.9 Å². The summed E-state index contributed by atoms with van der Waals surface area (Å²) in [5.74, 6) is 2.83. The standard InChI is InChI=1S/C25H25N7O2.C15H16N4.C9H11N3O/c1-16-13-17(6-9-26-16)20-4-5-21-24(28-20)32(19-8-12-30(21)15-19)25(34)29-22-14-18(7-10-27-22)31-11-2-3-23(31)33;1-10-8-11(4-6-16-10)13-2-3-14-15(18-13)17-12-5-7-19(14)9-12;10-8-6-7(3-4-11-8)12-5-1-2-9(12)13/h4-7,9-10,13-14,19H,2-3,8,11-12,15H2,1H3,(H,27,29,34);2-4,6,8,12H,5,7,9H2,1H3,(H,17,18);3-4,6H,1-2,5H2,(H2,10,11)/t19-;12-;/m00./s1. The molecule has 336 valence electrons. The zero-order valence-corrected chi connectivity index (χ0v) is 37.1. The smallest absolute Gasteiger partial charge is 0.329 e. The van der Waals surface area contributed by atoms with Gasteiger partial charge in [0.1, 0.15) is 11.6 Å². The SMILES string of the molecule is Cc1cc(-c2ccc3c(n2)N(C(=O)Nc2cc(N4CCCC4=O)ccn2)[C@H]2CCN3C2)ccn1.Cc1cc(-c2ccc3c(n2)N[C@H]2CCN3C2)ccn1.Nc1cc(N2CCCC2=O)ccn1. The number of hydrogen-bond acceptors (Lipinski definition) is 13. The van der Waals surface area contributed by atoms with Crippen LogP contribution in [0.25, 0.3) is 22.5 Å². The fraction of sp³-hybridized carbons (Fsp3) is 0.327. The van der Waals surface area contributed by atoms with Gasteiger partial charge in [-0.2, -0.15) is 0 Å². The lowest BCUT2D eigenvalue weighted by atomic mass is 10.1. The molecule has 0 radical (unpaired) electrons. The molecule has 0 aromatic carbocycles. The maximum atomic E-state index is 13.5. The molecule has 6 aliphatic rings. The maximum Gasteiger partial charge on any atom is 0.329 e. The van der Waals surface area contributed by atoms with Crippen LogP contribution in [0.3, 0.4) is 0 Å². The summed E-state index contributed by atoms with van der Waals surface area (Å²) >= 11 is 0. The van der Waals surface area contributed by atoms with Gasteiger partial charge in [-0.25, -0.2) is 24.7 Å². The number of carbonyl (C=O) groups is 3. The molecule has 4 bridgehead atoms. The molecular weight excluding hydrogens is 833 g/mol. The first kappa shape index (κ1) is 42.3. The zero-order chi connectivity index (χ0) is 45.3. The van der Waals surface area contributed by atoms with Crippen LogP contribution in [0.2, 0.25) is 0 Å². The molecule has 0 aliphatic carbocycles. The van der Waals surface area contributed by atoms with Gasteiger partial charge in [0, 0.05) is 129 Å². The third-order valence-corrected chi connectivity index (χ3v) is 12.8. The monoisotopic (exact) mass is 884 g/mol. The first-order valence-corrected chi connectivity index (χ1v) is 22.7. The van der Waals surface area contributed by atoms with Crippen molar-refractivity contribution in [1.82, 2.24) is 29.9 Å².